The summed E-state index contributed by atoms with van der Waals surface area (Å²) in [6, 6.07) is 12.2. The van der Waals surface area contributed by atoms with E-state index in [0.717, 1.165) is 37.9 Å². The lowest BCUT2D eigenvalue weighted by Crippen LogP contribution is -2.39. The van der Waals surface area contributed by atoms with Crippen LogP contribution in [0.1, 0.15) is 28.9 Å². The number of H-pyrrole nitrogens is 1. The Bertz CT molecular complexity index is 818. The van der Waals surface area contributed by atoms with Crippen molar-refractivity contribution >= 4 is 5.91 Å². The molecule has 1 N–H and O–H groups in total. The first-order valence-corrected chi connectivity index (χ1v) is 8.58. The van der Waals surface area contributed by atoms with Crippen LogP contribution in [-0.2, 0) is 6.42 Å². The summed E-state index contributed by atoms with van der Waals surface area (Å²) in [7, 11) is 0. The van der Waals surface area contributed by atoms with Crippen LogP contribution >= 0.6 is 0 Å². The van der Waals surface area contributed by atoms with Gasteiger partial charge in [-0.1, -0.05) is 35.5 Å². The van der Waals surface area contributed by atoms with E-state index in [1.807, 2.05) is 11.0 Å². The standard InChI is InChI=1S/C19H20N4O2/c24-19(17-11-18(25-22-17)16-12-20-21-13-16)23-8-6-15(7-9-23)10-14-4-2-1-3-5-14/h1-5,11-13,15H,6-10H2,(H,20,21). The largest absolute Gasteiger partial charge is 0.355 e. The van der Waals surface area contributed by atoms with Crippen molar-refractivity contribution in [3.05, 3.63) is 60.0 Å². The number of benzene rings is 1. The van der Waals surface area contributed by atoms with Crippen LogP contribution < -0.4 is 0 Å². The zero-order valence-corrected chi connectivity index (χ0v) is 13.9. The Morgan fingerprint density at radius 2 is 2.04 bits per heavy atom. The molecule has 3 heterocycles. The van der Waals surface area contributed by atoms with Gasteiger partial charge < -0.3 is 9.42 Å². The average molecular weight is 336 g/mol. The van der Waals surface area contributed by atoms with Crippen LogP contribution in [0.5, 0.6) is 0 Å². The monoisotopic (exact) mass is 336 g/mol. The van der Waals surface area contributed by atoms with Gasteiger partial charge in [-0.15, -0.1) is 0 Å². The highest BCUT2D eigenvalue weighted by molar-refractivity contribution is 5.93. The summed E-state index contributed by atoms with van der Waals surface area (Å²) in [6.45, 7) is 1.54. The molecule has 1 fully saturated rings. The number of hydrogen-bond donors (Lipinski definition) is 1. The van der Waals surface area contributed by atoms with Gasteiger partial charge in [0.2, 0.25) is 0 Å². The van der Waals surface area contributed by atoms with Crippen LogP contribution in [-0.4, -0.2) is 39.3 Å². The Labute approximate surface area is 145 Å². The lowest BCUT2D eigenvalue weighted by atomic mass is 9.90. The first-order chi connectivity index (χ1) is 12.3. The minimum Gasteiger partial charge on any atom is -0.355 e. The highest BCUT2D eigenvalue weighted by atomic mass is 16.5. The number of rotatable bonds is 4. The molecule has 0 atom stereocenters. The van der Waals surface area contributed by atoms with Gasteiger partial charge in [-0.25, -0.2) is 0 Å². The van der Waals surface area contributed by atoms with Gasteiger partial charge in [0.1, 0.15) is 0 Å². The number of carbonyl (C=O) groups is 1. The van der Waals surface area contributed by atoms with Gasteiger partial charge in [0.05, 0.1) is 11.8 Å². The van der Waals surface area contributed by atoms with Gasteiger partial charge in [0, 0.05) is 25.4 Å². The number of carbonyl (C=O) groups excluding carboxylic acids is 1. The number of aromatic amines is 1. The molecule has 2 aromatic heterocycles. The third-order valence-electron chi connectivity index (χ3n) is 4.78. The quantitative estimate of drug-likeness (QED) is 0.794. The SMILES string of the molecule is O=C(c1cc(-c2cn[nH]c2)on1)N1CCC(Cc2ccccc2)CC1. The van der Waals surface area contributed by atoms with Crippen molar-refractivity contribution in [2.24, 2.45) is 5.92 Å². The third kappa shape index (κ3) is 3.47. The summed E-state index contributed by atoms with van der Waals surface area (Å²) >= 11 is 0. The van der Waals surface area contributed by atoms with Crippen molar-refractivity contribution < 1.29 is 9.32 Å². The maximum Gasteiger partial charge on any atom is 0.276 e. The van der Waals surface area contributed by atoms with E-state index in [2.05, 4.69) is 39.6 Å². The van der Waals surface area contributed by atoms with Crippen LogP contribution in [0.15, 0.2) is 53.3 Å². The van der Waals surface area contributed by atoms with E-state index < -0.39 is 0 Å². The Morgan fingerprint density at radius 3 is 2.76 bits per heavy atom. The molecule has 128 valence electrons. The van der Waals surface area contributed by atoms with E-state index in [-0.39, 0.29) is 5.91 Å². The fraction of sp³-hybridized carbons (Fsp3) is 0.316. The van der Waals surface area contributed by atoms with Gasteiger partial charge in [-0.2, -0.15) is 5.10 Å². The molecule has 0 aliphatic carbocycles. The number of hydrogen-bond acceptors (Lipinski definition) is 4. The molecule has 0 radical (unpaired) electrons. The highest BCUT2D eigenvalue weighted by Gasteiger charge is 2.26. The number of nitrogens with one attached hydrogen (secondary N) is 1. The van der Waals surface area contributed by atoms with Crippen molar-refractivity contribution in [1.82, 2.24) is 20.3 Å². The first kappa shape index (κ1) is 15.6. The first-order valence-electron chi connectivity index (χ1n) is 8.58. The van der Waals surface area contributed by atoms with E-state index in [1.54, 1.807) is 18.5 Å². The predicted molar refractivity (Wildman–Crippen MR) is 92.9 cm³/mol. The van der Waals surface area contributed by atoms with E-state index in [4.69, 9.17) is 4.52 Å². The fourth-order valence-electron chi connectivity index (χ4n) is 3.35. The summed E-state index contributed by atoms with van der Waals surface area (Å²) in [4.78, 5) is 14.5. The topological polar surface area (TPSA) is 75.0 Å². The maximum atomic E-state index is 12.6. The molecule has 6 nitrogen and oxygen atoms in total. The summed E-state index contributed by atoms with van der Waals surface area (Å²) in [5, 5.41) is 10.5. The maximum absolute atomic E-state index is 12.6. The Balaban J connectivity index is 1.35. The Morgan fingerprint density at radius 1 is 1.24 bits per heavy atom. The minimum absolute atomic E-state index is 0.0587. The highest BCUT2D eigenvalue weighted by Crippen LogP contribution is 2.24. The molecular formula is C19H20N4O2. The number of likely N-dealkylation sites (tertiary alicyclic amines) is 1. The third-order valence-corrected chi connectivity index (χ3v) is 4.78. The normalized spacial score (nSPS) is 15.4. The second kappa shape index (κ2) is 6.93. The zero-order valence-electron chi connectivity index (χ0n) is 13.9. The summed E-state index contributed by atoms with van der Waals surface area (Å²) < 4.78 is 5.26. The van der Waals surface area contributed by atoms with Crippen LogP contribution in [0, 0.1) is 5.92 Å². The van der Waals surface area contributed by atoms with Crippen molar-refractivity contribution in [3.63, 3.8) is 0 Å². The molecule has 6 heteroatoms. The molecule has 0 spiro atoms. The van der Waals surface area contributed by atoms with Gasteiger partial charge in [0.15, 0.2) is 11.5 Å². The molecule has 4 rings (SSSR count). The van der Waals surface area contributed by atoms with Crippen LogP contribution in [0.4, 0.5) is 0 Å². The molecule has 1 amide bonds. The molecular weight excluding hydrogens is 316 g/mol. The summed E-state index contributed by atoms with van der Waals surface area (Å²) in [5.41, 5.74) is 2.51. The van der Waals surface area contributed by atoms with Gasteiger partial charge in [0.25, 0.3) is 5.91 Å². The van der Waals surface area contributed by atoms with E-state index in [1.165, 1.54) is 5.56 Å². The van der Waals surface area contributed by atoms with Crippen LogP contribution in [0.25, 0.3) is 11.3 Å². The van der Waals surface area contributed by atoms with Crippen molar-refractivity contribution in [2.45, 2.75) is 19.3 Å². The molecule has 0 unspecified atom stereocenters. The molecule has 0 bridgehead atoms. The molecule has 1 aromatic carbocycles. The second-order valence-corrected chi connectivity index (χ2v) is 6.49. The minimum atomic E-state index is -0.0587. The molecule has 0 saturated carbocycles. The summed E-state index contributed by atoms with van der Waals surface area (Å²) in [5.74, 6) is 1.12. The fourth-order valence-corrected chi connectivity index (χ4v) is 3.35. The van der Waals surface area contributed by atoms with Gasteiger partial charge >= 0.3 is 0 Å². The van der Waals surface area contributed by atoms with Crippen molar-refractivity contribution in [2.75, 3.05) is 13.1 Å². The average Bonchev–Trinajstić information content (AvgIpc) is 3.34. The summed E-state index contributed by atoms with van der Waals surface area (Å²) in [6.07, 6.45) is 6.48. The van der Waals surface area contributed by atoms with Crippen molar-refractivity contribution in [3.8, 4) is 11.3 Å². The van der Waals surface area contributed by atoms with Crippen LogP contribution in [0.3, 0.4) is 0 Å². The second-order valence-electron chi connectivity index (χ2n) is 6.49. The number of piperidine rings is 1. The lowest BCUT2D eigenvalue weighted by Gasteiger charge is -2.31. The van der Waals surface area contributed by atoms with E-state index in [0.29, 0.717) is 17.4 Å². The smallest absolute Gasteiger partial charge is 0.276 e. The Hall–Kier alpha value is -2.89. The molecule has 25 heavy (non-hydrogen) atoms. The molecule has 1 saturated heterocycles. The number of nitrogens with zero attached hydrogens (tertiary/aromatic N) is 3. The van der Waals surface area contributed by atoms with Crippen molar-refractivity contribution in [1.29, 1.82) is 0 Å². The molecule has 3 aromatic rings. The van der Waals surface area contributed by atoms with Gasteiger partial charge in [-0.05, 0) is 30.7 Å². The lowest BCUT2D eigenvalue weighted by molar-refractivity contribution is 0.0680. The van der Waals surface area contributed by atoms with E-state index in [9.17, 15) is 4.79 Å². The number of aromatic nitrogens is 3. The molecule has 1 aliphatic rings. The van der Waals surface area contributed by atoms with Crippen LogP contribution in [0.2, 0.25) is 0 Å². The molecule has 1 aliphatic heterocycles. The predicted octanol–water partition coefficient (Wildman–Crippen LogP) is 3.16. The Kier molecular flexibility index (Phi) is 4.33. The number of amides is 1. The van der Waals surface area contributed by atoms with E-state index >= 15 is 0 Å². The van der Waals surface area contributed by atoms with Gasteiger partial charge in [-0.3, -0.25) is 9.89 Å². The zero-order chi connectivity index (χ0) is 17.1.